The van der Waals surface area contributed by atoms with E-state index in [1.54, 1.807) is 23.9 Å². The predicted molar refractivity (Wildman–Crippen MR) is 81.7 cm³/mol. The van der Waals surface area contributed by atoms with E-state index < -0.39 is 0 Å². The van der Waals surface area contributed by atoms with E-state index in [-0.39, 0.29) is 5.82 Å². The normalized spacial score (nSPS) is 13.5. The van der Waals surface area contributed by atoms with Crippen molar-refractivity contribution in [1.29, 1.82) is 0 Å². The molecule has 20 heavy (non-hydrogen) atoms. The van der Waals surface area contributed by atoms with Gasteiger partial charge in [-0.2, -0.15) is 0 Å². The van der Waals surface area contributed by atoms with Crippen LogP contribution < -0.4 is 5.73 Å². The number of hydrogen-bond donors (Lipinski definition) is 1. The molecule has 3 rings (SSSR count). The fourth-order valence-electron chi connectivity index (χ4n) is 2.74. The van der Waals surface area contributed by atoms with Gasteiger partial charge in [0.1, 0.15) is 5.82 Å². The van der Waals surface area contributed by atoms with Gasteiger partial charge in [0, 0.05) is 9.79 Å². The molecular weight excluding hydrogens is 269 g/mol. The first-order chi connectivity index (χ1) is 9.74. The minimum Gasteiger partial charge on any atom is -0.330 e. The molecule has 0 unspecified atom stereocenters. The molecule has 0 fully saturated rings. The Morgan fingerprint density at radius 3 is 2.70 bits per heavy atom. The zero-order valence-electron chi connectivity index (χ0n) is 11.4. The molecule has 1 aliphatic carbocycles. The van der Waals surface area contributed by atoms with Crippen molar-refractivity contribution in [2.24, 2.45) is 5.73 Å². The average Bonchev–Trinajstić information content (AvgIpc) is 2.85. The Morgan fingerprint density at radius 1 is 1.00 bits per heavy atom. The number of aryl methyl sites for hydroxylation is 2. The smallest absolute Gasteiger partial charge is 0.124 e. The number of fused-ring (bicyclic) bond motifs is 1. The predicted octanol–water partition coefficient (Wildman–Crippen LogP) is 3.97. The number of benzene rings is 2. The Bertz CT molecular complexity index is 624. The Labute approximate surface area is 123 Å². The van der Waals surface area contributed by atoms with E-state index in [0.29, 0.717) is 6.54 Å². The summed E-state index contributed by atoms with van der Waals surface area (Å²) in [5.74, 6) is -0.181. The van der Waals surface area contributed by atoms with Crippen molar-refractivity contribution in [2.75, 3.05) is 6.54 Å². The van der Waals surface area contributed by atoms with Gasteiger partial charge in [-0.1, -0.05) is 17.8 Å². The van der Waals surface area contributed by atoms with Crippen LogP contribution in [-0.4, -0.2) is 6.54 Å². The summed E-state index contributed by atoms with van der Waals surface area (Å²) >= 11 is 1.63. The molecular formula is C17H18FNS. The van der Waals surface area contributed by atoms with Crippen molar-refractivity contribution in [3.8, 4) is 0 Å². The molecule has 0 aliphatic heterocycles. The second kappa shape index (κ2) is 5.98. The van der Waals surface area contributed by atoms with Crippen molar-refractivity contribution >= 4 is 11.8 Å². The molecule has 0 amide bonds. The van der Waals surface area contributed by atoms with Crippen LogP contribution in [0.1, 0.15) is 23.1 Å². The Balaban J connectivity index is 1.83. The molecule has 0 heterocycles. The minimum absolute atomic E-state index is 0.181. The monoisotopic (exact) mass is 287 g/mol. The van der Waals surface area contributed by atoms with Crippen LogP contribution in [0.2, 0.25) is 0 Å². The fourth-order valence-corrected chi connectivity index (χ4v) is 3.73. The van der Waals surface area contributed by atoms with E-state index >= 15 is 0 Å². The molecule has 2 aromatic rings. The Morgan fingerprint density at radius 2 is 1.85 bits per heavy atom. The van der Waals surface area contributed by atoms with Crippen molar-refractivity contribution in [3.05, 3.63) is 58.9 Å². The highest BCUT2D eigenvalue weighted by Crippen LogP contribution is 2.32. The van der Waals surface area contributed by atoms with E-state index in [0.717, 1.165) is 16.9 Å². The van der Waals surface area contributed by atoms with Gasteiger partial charge in [-0.3, -0.25) is 0 Å². The minimum atomic E-state index is -0.181. The first-order valence-corrected chi connectivity index (χ1v) is 7.85. The number of nitrogens with two attached hydrogens (primary N) is 1. The first-order valence-electron chi connectivity index (χ1n) is 7.04. The van der Waals surface area contributed by atoms with Gasteiger partial charge in [0.2, 0.25) is 0 Å². The first kappa shape index (κ1) is 13.7. The quantitative estimate of drug-likeness (QED) is 0.921. The van der Waals surface area contributed by atoms with Crippen LogP contribution in [0.15, 0.2) is 46.2 Å². The van der Waals surface area contributed by atoms with Crippen LogP contribution in [0.4, 0.5) is 4.39 Å². The van der Waals surface area contributed by atoms with Crippen LogP contribution in [0.3, 0.4) is 0 Å². The van der Waals surface area contributed by atoms with Crippen LogP contribution in [0, 0.1) is 5.82 Å². The summed E-state index contributed by atoms with van der Waals surface area (Å²) in [6, 6.07) is 11.8. The molecule has 0 radical (unpaired) electrons. The van der Waals surface area contributed by atoms with Gasteiger partial charge in [0.25, 0.3) is 0 Å². The molecule has 0 saturated heterocycles. The fraction of sp³-hybridized carbons (Fsp3) is 0.294. The summed E-state index contributed by atoms with van der Waals surface area (Å²) < 4.78 is 13.6. The van der Waals surface area contributed by atoms with E-state index in [9.17, 15) is 4.39 Å². The zero-order valence-corrected chi connectivity index (χ0v) is 12.2. The summed E-state index contributed by atoms with van der Waals surface area (Å²) in [6.45, 7) is 0.548. The van der Waals surface area contributed by atoms with Crippen molar-refractivity contribution < 1.29 is 4.39 Å². The lowest BCUT2D eigenvalue weighted by atomic mass is 10.1. The van der Waals surface area contributed by atoms with Gasteiger partial charge in [-0.05, 0) is 79.3 Å². The molecule has 1 aliphatic rings. The topological polar surface area (TPSA) is 26.0 Å². The number of rotatable bonds is 4. The van der Waals surface area contributed by atoms with Crippen molar-refractivity contribution in [1.82, 2.24) is 0 Å². The van der Waals surface area contributed by atoms with E-state index in [2.05, 4.69) is 18.2 Å². The van der Waals surface area contributed by atoms with Gasteiger partial charge >= 0.3 is 0 Å². The third-order valence-electron chi connectivity index (χ3n) is 3.67. The highest BCUT2D eigenvalue weighted by Gasteiger charge is 2.11. The summed E-state index contributed by atoms with van der Waals surface area (Å²) in [5.41, 5.74) is 9.44. The summed E-state index contributed by atoms with van der Waals surface area (Å²) in [7, 11) is 0. The molecule has 1 nitrogen and oxygen atoms in total. The molecule has 0 saturated carbocycles. The van der Waals surface area contributed by atoms with Gasteiger partial charge < -0.3 is 5.73 Å². The summed E-state index contributed by atoms with van der Waals surface area (Å²) in [5, 5.41) is 0. The zero-order chi connectivity index (χ0) is 13.9. The highest BCUT2D eigenvalue weighted by atomic mass is 32.2. The molecule has 0 spiro atoms. The van der Waals surface area contributed by atoms with Gasteiger partial charge in [-0.15, -0.1) is 0 Å². The number of halogens is 1. The van der Waals surface area contributed by atoms with Gasteiger partial charge in [-0.25, -0.2) is 4.39 Å². The Kier molecular flexibility index (Phi) is 4.08. The maximum atomic E-state index is 13.6. The maximum Gasteiger partial charge on any atom is 0.124 e. The SMILES string of the molecule is NCCc1cc(F)cc(Sc2ccc3c(c2)CCC3)c1. The molecule has 2 aromatic carbocycles. The molecule has 2 N–H and O–H groups in total. The molecule has 0 aromatic heterocycles. The van der Waals surface area contributed by atoms with E-state index in [1.807, 2.05) is 6.07 Å². The summed E-state index contributed by atoms with van der Waals surface area (Å²) in [6.07, 6.45) is 4.34. The van der Waals surface area contributed by atoms with E-state index in [4.69, 9.17) is 5.73 Å². The van der Waals surface area contributed by atoms with Crippen molar-refractivity contribution in [3.63, 3.8) is 0 Å². The maximum absolute atomic E-state index is 13.6. The average molecular weight is 287 g/mol. The third-order valence-corrected chi connectivity index (χ3v) is 4.63. The Hall–Kier alpha value is -1.32. The van der Waals surface area contributed by atoms with Crippen LogP contribution in [0.25, 0.3) is 0 Å². The van der Waals surface area contributed by atoms with E-state index in [1.165, 1.54) is 35.3 Å². The highest BCUT2D eigenvalue weighted by molar-refractivity contribution is 7.99. The number of hydrogen-bond acceptors (Lipinski definition) is 2. The third kappa shape index (κ3) is 3.05. The molecule has 3 heteroatoms. The lowest BCUT2D eigenvalue weighted by Gasteiger charge is -2.07. The molecule has 0 bridgehead atoms. The molecule has 0 atom stereocenters. The van der Waals surface area contributed by atoms with Gasteiger partial charge in [0.15, 0.2) is 0 Å². The second-order valence-electron chi connectivity index (χ2n) is 5.22. The van der Waals surface area contributed by atoms with Gasteiger partial charge in [0.05, 0.1) is 0 Å². The lowest BCUT2D eigenvalue weighted by Crippen LogP contribution is -2.03. The second-order valence-corrected chi connectivity index (χ2v) is 6.37. The van der Waals surface area contributed by atoms with Crippen molar-refractivity contribution in [2.45, 2.75) is 35.5 Å². The van der Waals surface area contributed by atoms with Crippen LogP contribution in [-0.2, 0) is 19.3 Å². The standard InChI is InChI=1S/C17H18FNS/c18-15-8-12(6-7-19)9-17(11-15)20-16-5-4-13-2-1-3-14(13)10-16/h4-5,8-11H,1-3,6-7,19H2. The van der Waals surface area contributed by atoms with Crippen LogP contribution >= 0.6 is 11.8 Å². The lowest BCUT2D eigenvalue weighted by molar-refractivity contribution is 0.621. The largest absolute Gasteiger partial charge is 0.330 e. The molecule has 104 valence electrons. The van der Waals surface area contributed by atoms with Crippen LogP contribution in [0.5, 0.6) is 0 Å². The summed E-state index contributed by atoms with van der Waals surface area (Å²) in [4.78, 5) is 2.14.